The van der Waals surface area contributed by atoms with Crippen molar-refractivity contribution in [2.45, 2.75) is 45.1 Å². The quantitative estimate of drug-likeness (QED) is 0.809. The first-order chi connectivity index (χ1) is 9.75. The van der Waals surface area contributed by atoms with E-state index in [0.29, 0.717) is 18.2 Å². The Bertz CT molecular complexity index is 438. The molecule has 0 N–H and O–H groups in total. The highest BCUT2D eigenvalue weighted by atomic mass is 16.1. The SMILES string of the molecule is CC(=O)CC1CCCCCN1CC=Cc1ccccc1. The molecule has 0 bridgehead atoms. The van der Waals surface area contributed by atoms with Crippen molar-refractivity contribution in [2.24, 2.45) is 0 Å². The minimum Gasteiger partial charge on any atom is -0.300 e. The maximum atomic E-state index is 11.4. The highest BCUT2D eigenvalue weighted by Gasteiger charge is 2.20. The smallest absolute Gasteiger partial charge is 0.131 e. The van der Waals surface area contributed by atoms with Gasteiger partial charge in [0.1, 0.15) is 5.78 Å². The van der Waals surface area contributed by atoms with Crippen molar-refractivity contribution in [2.75, 3.05) is 13.1 Å². The molecule has 20 heavy (non-hydrogen) atoms. The third-order valence-corrected chi connectivity index (χ3v) is 3.97. The third kappa shape index (κ3) is 4.93. The van der Waals surface area contributed by atoms with E-state index >= 15 is 0 Å². The van der Waals surface area contributed by atoms with Crippen LogP contribution in [-0.4, -0.2) is 29.8 Å². The van der Waals surface area contributed by atoms with Gasteiger partial charge in [-0.1, -0.05) is 55.3 Å². The minimum absolute atomic E-state index is 0.314. The Balaban J connectivity index is 1.93. The molecule has 0 saturated carbocycles. The Morgan fingerprint density at radius 2 is 2.05 bits per heavy atom. The fourth-order valence-electron chi connectivity index (χ4n) is 2.93. The van der Waals surface area contributed by atoms with Gasteiger partial charge in [-0.15, -0.1) is 0 Å². The van der Waals surface area contributed by atoms with Gasteiger partial charge >= 0.3 is 0 Å². The highest BCUT2D eigenvalue weighted by molar-refractivity contribution is 5.76. The summed E-state index contributed by atoms with van der Waals surface area (Å²) in [6, 6.07) is 10.8. The predicted molar refractivity (Wildman–Crippen MR) is 84.6 cm³/mol. The van der Waals surface area contributed by atoms with Crippen molar-refractivity contribution in [3.8, 4) is 0 Å². The lowest BCUT2D eigenvalue weighted by atomic mass is 10.0. The van der Waals surface area contributed by atoms with Crippen LogP contribution in [0.1, 0.15) is 44.6 Å². The van der Waals surface area contributed by atoms with E-state index in [1.807, 2.05) is 6.07 Å². The Hall–Kier alpha value is -1.41. The normalized spacial score (nSPS) is 20.9. The largest absolute Gasteiger partial charge is 0.300 e. The third-order valence-electron chi connectivity index (χ3n) is 3.97. The van der Waals surface area contributed by atoms with Crippen LogP contribution in [0.15, 0.2) is 36.4 Å². The van der Waals surface area contributed by atoms with E-state index in [4.69, 9.17) is 0 Å². The fourth-order valence-corrected chi connectivity index (χ4v) is 2.93. The molecule has 2 rings (SSSR count). The van der Waals surface area contributed by atoms with Crippen LogP contribution in [0.4, 0.5) is 0 Å². The van der Waals surface area contributed by atoms with Gasteiger partial charge in [-0.25, -0.2) is 0 Å². The zero-order valence-electron chi connectivity index (χ0n) is 12.4. The number of nitrogens with zero attached hydrogens (tertiary/aromatic N) is 1. The van der Waals surface area contributed by atoms with E-state index in [1.54, 1.807) is 6.92 Å². The number of hydrogen-bond donors (Lipinski definition) is 0. The molecule has 1 unspecified atom stereocenters. The van der Waals surface area contributed by atoms with Gasteiger partial charge < -0.3 is 0 Å². The molecule has 1 fully saturated rings. The maximum absolute atomic E-state index is 11.4. The first kappa shape index (κ1) is 15.0. The van der Waals surface area contributed by atoms with Gasteiger partial charge in [-0.2, -0.15) is 0 Å². The van der Waals surface area contributed by atoms with Crippen molar-refractivity contribution in [1.82, 2.24) is 4.90 Å². The Morgan fingerprint density at radius 1 is 1.25 bits per heavy atom. The molecule has 1 aromatic carbocycles. The molecule has 1 aromatic rings. The monoisotopic (exact) mass is 271 g/mol. The van der Waals surface area contributed by atoms with Gasteiger partial charge in [0.2, 0.25) is 0 Å². The molecule has 2 nitrogen and oxygen atoms in total. The van der Waals surface area contributed by atoms with Crippen LogP contribution < -0.4 is 0 Å². The summed E-state index contributed by atoms with van der Waals surface area (Å²) in [5, 5.41) is 0. The maximum Gasteiger partial charge on any atom is 0.131 e. The zero-order valence-corrected chi connectivity index (χ0v) is 12.4. The van der Waals surface area contributed by atoms with Crippen LogP contribution in [0.25, 0.3) is 6.08 Å². The minimum atomic E-state index is 0.314. The summed E-state index contributed by atoms with van der Waals surface area (Å²) < 4.78 is 0. The molecule has 1 aliphatic heterocycles. The number of hydrogen-bond acceptors (Lipinski definition) is 2. The lowest BCUT2D eigenvalue weighted by Crippen LogP contribution is -2.36. The van der Waals surface area contributed by atoms with Crippen molar-refractivity contribution < 1.29 is 4.79 Å². The van der Waals surface area contributed by atoms with Crippen LogP contribution in [0.5, 0.6) is 0 Å². The summed E-state index contributed by atoms with van der Waals surface area (Å²) >= 11 is 0. The Morgan fingerprint density at radius 3 is 2.80 bits per heavy atom. The van der Waals surface area contributed by atoms with Gasteiger partial charge in [-0.05, 0) is 31.9 Å². The molecule has 0 aromatic heterocycles. The van der Waals surface area contributed by atoms with Crippen LogP contribution in [0, 0.1) is 0 Å². The molecule has 0 spiro atoms. The van der Waals surface area contributed by atoms with E-state index in [1.165, 1.54) is 31.2 Å². The average molecular weight is 271 g/mol. The molecule has 1 heterocycles. The van der Waals surface area contributed by atoms with E-state index in [9.17, 15) is 4.79 Å². The fraction of sp³-hybridized carbons (Fsp3) is 0.500. The molecule has 108 valence electrons. The number of benzene rings is 1. The molecular weight excluding hydrogens is 246 g/mol. The van der Waals surface area contributed by atoms with Crippen LogP contribution >= 0.6 is 0 Å². The average Bonchev–Trinajstić information content (AvgIpc) is 2.65. The summed E-state index contributed by atoms with van der Waals surface area (Å²) in [6.07, 6.45) is 10.1. The van der Waals surface area contributed by atoms with Gasteiger partial charge in [-0.3, -0.25) is 9.69 Å². The van der Waals surface area contributed by atoms with E-state index in [0.717, 1.165) is 13.1 Å². The van der Waals surface area contributed by atoms with Crippen molar-refractivity contribution in [3.63, 3.8) is 0 Å². The van der Waals surface area contributed by atoms with Crippen molar-refractivity contribution >= 4 is 11.9 Å². The molecule has 1 saturated heterocycles. The summed E-state index contributed by atoms with van der Waals surface area (Å²) in [5.41, 5.74) is 1.24. The van der Waals surface area contributed by atoms with Gasteiger partial charge in [0.15, 0.2) is 0 Å². The summed E-state index contributed by atoms with van der Waals surface area (Å²) in [6.45, 7) is 3.78. The van der Waals surface area contributed by atoms with Gasteiger partial charge in [0.25, 0.3) is 0 Å². The second kappa shape index (κ2) is 8.01. The first-order valence-electron chi connectivity index (χ1n) is 7.71. The number of carbonyl (C=O) groups excluding carboxylic acids is 1. The predicted octanol–water partition coefficient (Wildman–Crippen LogP) is 3.92. The highest BCUT2D eigenvalue weighted by Crippen LogP contribution is 2.19. The summed E-state index contributed by atoms with van der Waals surface area (Å²) in [7, 11) is 0. The van der Waals surface area contributed by atoms with Crippen LogP contribution in [0.3, 0.4) is 0 Å². The Kier molecular flexibility index (Phi) is 6.00. The molecular formula is C18H25NO. The standard InChI is InChI=1S/C18H25NO/c1-16(20)15-18-12-6-3-7-13-19(18)14-8-11-17-9-4-2-5-10-17/h2,4-5,8-11,18H,3,6-7,12-15H2,1H3. The molecule has 2 heteroatoms. The lowest BCUT2D eigenvalue weighted by molar-refractivity contribution is -0.118. The first-order valence-corrected chi connectivity index (χ1v) is 7.71. The number of likely N-dealkylation sites (tertiary alicyclic amines) is 1. The van der Waals surface area contributed by atoms with E-state index < -0.39 is 0 Å². The van der Waals surface area contributed by atoms with Crippen molar-refractivity contribution in [1.29, 1.82) is 0 Å². The summed E-state index contributed by atoms with van der Waals surface area (Å²) in [5.74, 6) is 0.314. The number of Topliss-reactive ketones (excluding diaryl/α,β-unsaturated/α-hetero) is 1. The molecule has 0 amide bonds. The second-order valence-electron chi connectivity index (χ2n) is 5.72. The Labute approximate surface area is 122 Å². The van der Waals surface area contributed by atoms with E-state index in [2.05, 4.69) is 41.3 Å². The summed E-state index contributed by atoms with van der Waals surface area (Å²) in [4.78, 5) is 13.9. The number of ketones is 1. The lowest BCUT2D eigenvalue weighted by Gasteiger charge is -2.28. The number of carbonyl (C=O) groups is 1. The number of rotatable bonds is 5. The second-order valence-corrected chi connectivity index (χ2v) is 5.72. The molecule has 0 radical (unpaired) electrons. The topological polar surface area (TPSA) is 20.3 Å². The van der Waals surface area contributed by atoms with Crippen LogP contribution in [-0.2, 0) is 4.79 Å². The van der Waals surface area contributed by atoms with E-state index in [-0.39, 0.29) is 0 Å². The van der Waals surface area contributed by atoms with Gasteiger partial charge in [0, 0.05) is 19.0 Å². The van der Waals surface area contributed by atoms with Crippen molar-refractivity contribution in [3.05, 3.63) is 42.0 Å². The molecule has 0 aliphatic carbocycles. The molecule has 1 atom stereocenters. The van der Waals surface area contributed by atoms with Gasteiger partial charge in [0.05, 0.1) is 0 Å². The zero-order chi connectivity index (χ0) is 14.2. The van der Waals surface area contributed by atoms with Crippen LogP contribution in [0.2, 0.25) is 0 Å². The molecule has 1 aliphatic rings.